The van der Waals surface area contributed by atoms with Gasteiger partial charge in [-0.05, 0) is 24.3 Å². The fourth-order valence-corrected chi connectivity index (χ4v) is 2.66. The number of benzene rings is 1. The van der Waals surface area contributed by atoms with Crippen LogP contribution in [0, 0.1) is 0 Å². The molecule has 0 fully saturated rings. The summed E-state index contributed by atoms with van der Waals surface area (Å²) < 4.78 is 22.6. The molecular formula is C16H14N6O3S. The molecule has 0 aliphatic rings. The molecule has 2 heterocycles. The van der Waals surface area contributed by atoms with Crippen molar-refractivity contribution in [3.63, 3.8) is 0 Å². The minimum Gasteiger partial charge on any atom is -0.382 e. The molecule has 2 aromatic heterocycles. The number of nitrogens with two attached hydrogens (primary N) is 2. The lowest BCUT2D eigenvalue weighted by Gasteiger charge is -2.08. The largest absolute Gasteiger partial charge is 0.382 e. The molecule has 1 amide bonds. The molecule has 10 heteroatoms. The molecule has 0 bridgehead atoms. The number of carbonyl (C=O) groups excluding carboxylic acids is 1. The summed E-state index contributed by atoms with van der Waals surface area (Å²) in [6.45, 7) is 0. The summed E-state index contributed by atoms with van der Waals surface area (Å²) in [6.07, 6.45) is 4.45. The number of anilines is 2. The first-order valence-corrected chi connectivity index (χ1v) is 8.86. The highest BCUT2D eigenvalue weighted by molar-refractivity contribution is 7.89. The van der Waals surface area contributed by atoms with Crippen molar-refractivity contribution in [1.29, 1.82) is 0 Å². The molecule has 0 unspecified atom stereocenters. The van der Waals surface area contributed by atoms with Crippen LogP contribution in [0.3, 0.4) is 0 Å². The van der Waals surface area contributed by atoms with E-state index < -0.39 is 15.9 Å². The quantitative estimate of drug-likeness (QED) is 0.619. The summed E-state index contributed by atoms with van der Waals surface area (Å²) >= 11 is 0. The average Bonchev–Trinajstić information content (AvgIpc) is 2.62. The lowest BCUT2D eigenvalue weighted by molar-refractivity contribution is 0.102. The van der Waals surface area contributed by atoms with Gasteiger partial charge < -0.3 is 11.1 Å². The molecule has 132 valence electrons. The van der Waals surface area contributed by atoms with Crippen LogP contribution < -0.4 is 16.2 Å². The number of hydrogen-bond acceptors (Lipinski definition) is 7. The van der Waals surface area contributed by atoms with E-state index in [4.69, 9.17) is 10.9 Å². The number of nitrogens with zero attached hydrogens (tertiary/aromatic N) is 3. The van der Waals surface area contributed by atoms with Crippen LogP contribution in [0.2, 0.25) is 0 Å². The number of aromatic nitrogens is 3. The predicted octanol–water partition coefficient (Wildman–Crippen LogP) is 1.02. The fraction of sp³-hybridized carbons (Fsp3) is 0. The van der Waals surface area contributed by atoms with Gasteiger partial charge in [0, 0.05) is 11.8 Å². The Morgan fingerprint density at radius 3 is 2.42 bits per heavy atom. The smallest absolute Gasteiger partial charge is 0.278 e. The van der Waals surface area contributed by atoms with Gasteiger partial charge in [0.1, 0.15) is 0 Å². The fourth-order valence-electron chi connectivity index (χ4n) is 2.15. The molecule has 0 saturated heterocycles. The van der Waals surface area contributed by atoms with Crippen LogP contribution in [0.15, 0.2) is 59.9 Å². The molecule has 1 aromatic carbocycles. The molecule has 3 rings (SSSR count). The Labute approximate surface area is 149 Å². The highest BCUT2D eigenvalue weighted by Gasteiger charge is 2.15. The number of pyridine rings is 1. The zero-order valence-corrected chi connectivity index (χ0v) is 14.1. The van der Waals surface area contributed by atoms with Crippen molar-refractivity contribution in [2.45, 2.75) is 4.90 Å². The van der Waals surface area contributed by atoms with Crippen LogP contribution in [-0.4, -0.2) is 29.3 Å². The normalized spacial score (nSPS) is 11.1. The van der Waals surface area contributed by atoms with Gasteiger partial charge in [0.2, 0.25) is 10.0 Å². The van der Waals surface area contributed by atoms with Crippen molar-refractivity contribution in [3.8, 4) is 11.3 Å². The van der Waals surface area contributed by atoms with Crippen LogP contribution in [-0.2, 0) is 10.0 Å². The molecule has 3 aromatic rings. The maximum atomic E-state index is 12.4. The summed E-state index contributed by atoms with van der Waals surface area (Å²) in [5, 5.41) is 7.70. The van der Waals surface area contributed by atoms with E-state index in [0.717, 1.165) is 0 Å². The molecule has 0 atom stereocenters. The third-order valence-electron chi connectivity index (χ3n) is 3.41. The molecule has 0 aliphatic heterocycles. The van der Waals surface area contributed by atoms with Gasteiger partial charge in [-0.25, -0.2) is 23.5 Å². The second-order valence-corrected chi connectivity index (χ2v) is 6.82. The van der Waals surface area contributed by atoms with E-state index in [2.05, 4.69) is 20.3 Å². The summed E-state index contributed by atoms with van der Waals surface area (Å²) in [7, 11) is -3.79. The van der Waals surface area contributed by atoms with Gasteiger partial charge in [-0.15, -0.1) is 0 Å². The standard InChI is InChI=1S/C16H14N6O3S/c17-15-14(16(23)21-11-2-1-7-19-8-11)22-13(9-20-15)10-3-5-12(6-4-10)26(18,24)25/h1-9H,(H2,17,20)(H,21,23)(H2,18,24,25). The zero-order valence-electron chi connectivity index (χ0n) is 13.3. The number of hydrogen-bond donors (Lipinski definition) is 3. The minimum absolute atomic E-state index is 0.0285. The Kier molecular flexibility index (Phi) is 4.61. The maximum absolute atomic E-state index is 12.4. The van der Waals surface area contributed by atoms with Crippen molar-refractivity contribution < 1.29 is 13.2 Å². The zero-order chi connectivity index (χ0) is 18.7. The first-order chi connectivity index (χ1) is 12.3. The number of amides is 1. The van der Waals surface area contributed by atoms with E-state index in [1.807, 2.05) is 0 Å². The number of nitrogens with one attached hydrogen (secondary N) is 1. The molecular weight excluding hydrogens is 356 g/mol. The van der Waals surface area contributed by atoms with Gasteiger partial charge in [-0.1, -0.05) is 12.1 Å². The van der Waals surface area contributed by atoms with Gasteiger partial charge in [-0.3, -0.25) is 9.78 Å². The Hall–Kier alpha value is -3.37. The summed E-state index contributed by atoms with van der Waals surface area (Å²) in [5.74, 6) is -0.567. The van der Waals surface area contributed by atoms with Crippen LogP contribution in [0.5, 0.6) is 0 Å². The third kappa shape index (κ3) is 3.82. The van der Waals surface area contributed by atoms with E-state index in [9.17, 15) is 13.2 Å². The second-order valence-electron chi connectivity index (χ2n) is 5.25. The van der Waals surface area contributed by atoms with Crippen LogP contribution >= 0.6 is 0 Å². The van der Waals surface area contributed by atoms with Gasteiger partial charge in [0.25, 0.3) is 5.91 Å². The lowest BCUT2D eigenvalue weighted by atomic mass is 10.1. The van der Waals surface area contributed by atoms with E-state index in [1.165, 1.54) is 36.7 Å². The van der Waals surface area contributed by atoms with Gasteiger partial charge >= 0.3 is 0 Å². The minimum atomic E-state index is -3.79. The van der Waals surface area contributed by atoms with Crippen molar-refractivity contribution in [3.05, 3.63) is 60.7 Å². The molecule has 0 aliphatic carbocycles. The van der Waals surface area contributed by atoms with Crippen molar-refractivity contribution in [2.75, 3.05) is 11.1 Å². The van der Waals surface area contributed by atoms with Gasteiger partial charge in [-0.2, -0.15) is 0 Å². The first-order valence-electron chi connectivity index (χ1n) is 7.32. The molecule has 26 heavy (non-hydrogen) atoms. The number of sulfonamides is 1. The Morgan fingerprint density at radius 2 is 1.81 bits per heavy atom. The molecule has 9 nitrogen and oxygen atoms in total. The number of carbonyl (C=O) groups is 1. The monoisotopic (exact) mass is 370 g/mol. The summed E-state index contributed by atoms with van der Waals surface area (Å²) in [5.41, 5.74) is 7.10. The van der Waals surface area contributed by atoms with E-state index in [0.29, 0.717) is 16.9 Å². The van der Waals surface area contributed by atoms with Gasteiger partial charge in [0.15, 0.2) is 11.5 Å². The molecule has 0 spiro atoms. The maximum Gasteiger partial charge on any atom is 0.278 e. The highest BCUT2D eigenvalue weighted by Crippen LogP contribution is 2.21. The van der Waals surface area contributed by atoms with Crippen LogP contribution in [0.1, 0.15) is 10.5 Å². The Balaban J connectivity index is 1.91. The molecule has 0 saturated carbocycles. The second kappa shape index (κ2) is 6.86. The summed E-state index contributed by atoms with van der Waals surface area (Å²) in [4.78, 5) is 24.5. The Bertz CT molecular complexity index is 1050. The lowest BCUT2D eigenvalue weighted by Crippen LogP contribution is -2.17. The van der Waals surface area contributed by atoms with E-state index in [1.54, 1.807) is 18.3 Å². The molecule has 5 N–H and O–H groups in total. The number of nitrogen functional groups attached to an aromatic ring is 1. The Morgan fingerprint density at radius 1 is 1.08 bits per heavy atom. The van der Waals surface area contributed by atoms with Crippen molar-refractivity contribution >= 4 is 27.4 Å². The predicted molar refractivity (Wildman–Crippen MR) is 95.4 cm³/mol. The number of primary sulfonamides is 1. The van der Waals surface area contributed by atoms with Crippen molar-refractivity contribution in [1.82, 2.24) is 15.0 Å². The highest BCUT2D eigenvalue weighted by atomic mass is 32.2. The SMILES string of the molecule is Nc1ncc(-c2ccc(S(N)(=O)=O)cc2)nc1C(=O)Nc1cccnc1. The van der Waals surface area contributed by atoms with Gasteiger partial charge in [0.05, 0.1) is 28.7 Å². The number of rotatable bonds is 4. The van der Waals surface area contributed by atoms with Crippen LogP contribution in [0.4, 0.5) is 11.5 Å². The topological polar surface area (TPSA) is 154 Å². The average molecular weight is 370 g/mol. The summed E-state index contributed by atoms with van der Waals surface area (Å²) in [6, 6.07) is 9.07. The van der Waals surface area contributed by atoms with Crippen LogP contribution in [0.25, 0.3) is 11.3 Å². The van der Waals surface area contributed by atoms with Crippen molar-refractivity contribution in [2.24, 2.45) is 5.14 Å². The first kappa shape index (κ1) is 17.5. The van der Waals surface area contributed by atoms with E-state index >= 15 is 0 Å². The van der Waals surface area contributed by atoms with E-state index in [-0.39, 0.29) is 16.4 Å². The molecule has 0 radical (unpaired) electrons. The third-order valence-corrected chi connectivity index (χ3v) is 4.34.